The quantitative estimate of drug-likeness (QED) is 0.148. The number of methoxy groups -OCH3 is 2. The van der Waals surface area contributed by atoms with Crippen LogP contribution in [0.2, 0.25) is 10.0 Å². The van der Waals surface area contributed by atoms with Gasteiger partial charge in [-0.05, 0) is 55.3 Å². The minimum Gasteiger partial charge on any atom is -0.497 e. The molecular formula is C36H39Cl2N3O6S. The highest BCUT2D eigenvalue weighted by Crippen LogP contribution is 2.36. The van der Waals surface area contributed by atoms with E-state index in [2.05, 4.69) is 5.32 Å². The highest BCUT2D eigenvalue weighted by Gasteiger charge is 2.36. The van der Waals surface area contributed by atoms with Gasteiger partial charge < -0.3 is 19.7 Å². The first kappa shape index (κ1) is 36.6. The standard InChI is InChI=1S/C36H39Cl2N3O6S/c1-5-20-39-36(43)33(21-26-10-7-6-8-11-26)40(23-29-30(37)12-9-13-31(29)38)35(42)24-41(32-22-27(46-3)16-19-34(32)47-4)48(44,45)28-17-14-25(2)15-18-28/h6-19,22,33H,5,20-21,23-24H2,1-4H3,(H,39,43). The van der Waals surface area contributed by atoms with Crippen molar-refractivity contribution in [2.45, 2.75) is 44.2 Å². The van der Waals surface area contributed by atoms with Crippen LogP contribution in [0.4, 0.5) is 5.69 Å². The molecule has 0 aliphatic carbocycles. The second kappa shape index (κ2) is 16.7. The third kappa shape index (κ3) is 8.80. The molecule has 4 aromatic carbocycles. The van der Waals surface area contributed by atoms with Crippen LogP contribution in [-0.2, 0) is 32.6 Å². The highest BCUT2D eigenvalue weighted by atomic mass is 35.5. The zero-order chi connectivity index (χ0) is 34.8. The second-order valence-electron chi connectivity index (χ2n) is 11.1. The number of rotatable bonds is 15. The van der Waals surface area contributed by atoms with E-state index in [1.165, 1.54) is 37.3 Å². The van der Waals surface area contributed by atoms with Gasteiger partial charge in [0.25, 0.3) is 10.0 Å². The van der Waals surface area contributed by atoms with Gasteiger partial charge in [0.15, 0.2) is 0 Å². The summed E-state index contributed by atoms with van der Waals surface area (Å²) in [6.07, 6.45) is 0.823. The van der Waals surface area contributed by atoms with Crippen LogP contribution >= 0.6 is 23.2 Å². The number of nitrogens with one attached hydrogen (secondary N) is 1. The average molecular weight is 713 g/mol. The van der Waals surface area contributed by atoms with Crippen LogP contribution in [0.3, 0.4) is 0 Å². The van der Waals surface area contributed by atoms with Gasteiger partial charge in [0.05, 0.1) is 24.8 Å². The molecule has 0 saturated carbocycles. The molecule has 0 spiro atoms. The Morgan fingerprint density at radius 3 is 2.15 bits per heavy atom. The summed E-state index contributed by atoms with van der Waals surface area (Å²) in [7, 11) is -1.51. The number of benzene rings is 4. The van der Waals surface area contributed by atoms with E-state index >= 15 is 0 Å². The fraction of sp³-hybridized carbons (Fsp3) is 0.278. The molecule has 1 N–H and O–H groups in total. The lowest BCUT2D eigenvalue weighted by molar-refractivity contribution is -0.140. The number of nitrogens with zero attached hydrogens (tertiary/aromatic N) is 2. The normalized spacial score (nSPS) is 11.8. The zero-order valence-electron chi connectivity index (χ0n) is 27.3. The molecule has 4 rings (SSSR count). The van der Waals surface area contributed by atoms with Gasteiger partial charge in [0.1, 0.15) is 24.1 Å². The van der Waals surface area contributed by atoms with Crippen molar-refractivity contribution in [3.63, 3.8) is 0 Å². The topological polar surface area (TPSA) is 105 Å². The number of amides is 2. The molecule has 0 saturated heterocycles. The molecule has 0 fully saturated rings. The SMILES string of the molecule is CCCNC(=O)C(Cc1ccccc1)N(Cc1c(Cl)cccc1Cl)C(=O)CN(c1cc(OC)ccc1OC)S(=O)(=O)c1ccc(C)cc1. The van der Waals surface area contributed by atoms with Crippen molar-refractivity contribution < 1.29 is 27.5 Å². The van der Waals surface area contributed by atoms with Gasteiger partial charge in [-0.3, -0.25) is 13.9 Å². The van der Waals surface area contributed by atoms with Crippen molar-refractivity contribution in [3.8, 4) is 11.5 Å². The lowest BCUT2D eigenvalue weighted by Crippen LogP contribution is -2.53. The molecule has 4 aromatic rings. The molecule has 48 heavy (non-hydrogen) atoms. The molecule has 1 unspecified atom stereocenters. The molecule has 9 nitrogen and oxygen atoms in total. The summed E-state index contributed by atoms with van der Waals surface area (Å²) in [6.45, 7) is 3.30. The van der Waals surface area contributed by atoms with Gasteiger partial charge in [0.2, 0.25) is 11.8 Å². The van der Waals surface area contributed by atoms with Gasteiger partial charge in [0, 0.05) is 41.2 Å². The highest BCUT2D eigenvalue weighted by molar-refractivity contribution is 7.92. The first-order valence-corrected chi connectivity index (χ1v) is 17.5. The van der Waals surface area contributed by atoms with Crippen LogP contribution in [0.1, 0.15) is 30.0 Å². The Morgan fingerprint density at radius 1 is 0.875 bits per heavy atom. The summed E-state index contributed by atoms with van der Waals surface area (Å²) in [5, 5.41) is 3.51. The van der Waals surface area contributed by atoms with Crippen LogP contribution in [0.25, 0.3) is 0 Å². The smallest absolute Gasteiger partial charge is 0.264 e. The van der Waals surface area contributed by atoms with Crippen molar-refractivity contribution in [3.05, 3.63) is 118 Å². The van der Waals surface area contributed by atoms with E-state index in [0.29, 0.717) is 34.3 Å². The van der Waals surface area contributed by atoms with Gasteiger partial charge >= 0.3 is 0 Å². The van der Waals surface area contributed by atoms with Gasteiger partial charge in [-0.15, -0.1) is 0 Å². The number of ether oxygens (including phenoxy) is 2. The van der Waals surface area contributed by atoms with Crippen molar-refractivity contribution >= 4 is 50.7 Å². The van der Waals surface area contributed by atoms with Gasteiger partial charge in [-0.2, -0.15) is 0 Å². The van der Waals surface area contributed by atoms with Crippen molar-refractivity contribution in [2.75, 3.05) is 31.6 Å². The molecule has 2 amide bonds. The van der Waals surface area contributed by atoms with Crippen molar-refractivity contribution in [2.24, 2.45) is 0 Å². The predicted octanol–water partition coefficient (Wildman–Crippen LogP) is 6.68. The zero-order valence-corrected chi connectivity index (χ0v) is 29.6. The Morgan fingerprint density at radius 2 is 1.54 bits per heavy atom. The van der Waals surface area contributed by atoms with E-state index in [4.69, 9.17) is 32.7 Å². The van der Waals surface area contributed by atoms with E-state index < -0.39 is 34.4 Å². The molecule has 254 valence electrons. The Hall–Kier alpha value is -4.25. The first-order valence-electron chi connectivity index (χ1n) is 15.4. The maximum Gasteiger partial charge on any atom is 0.264 e. The number of aryl methyl sites for hydroxylation is 1. The predicted molar refractivity (Wildman–Crippen MR) is 190 cm³/mol. The lowest BCUT2D eigenvalue weighted by atomic mass is 10.0. The fourth-order valence-electron chi connectivity index (χ4n) is 5.12. The second-order valence-corrected chi connectivity index (χ2v) is 13.8. The number of carbonyl (C=O) groups is 2. The van der Waals surface area contributed by atoms with E-state index in [0.717, 1.165) is 15.4 Å². The van der Waals surface area contributed by atoms with E-state index in [1.54, 1.807) is 42.5 Å². The third-order valence-electron chi connectivity index (χ3n) is 7.75. The molecule has 1 atom stereocenters. The van der Waals surface area contributed by atoms with Crippen LogP contribution in [-0.4, -0.2) is 58.5 Å². The molecule has 0 aliphatic heterocycles. The minimum atomic E-state index is -4.37. The van der Waals surface area contributed by atoms with Crippen LogP contribution in [0.15, 0.2) is 95.9 Å². The van der Waals surface area contributed by atoms with Crippen molar-refractivity contribution in [1.82, 2.24) is 10.2 Å². The summed E-state index contributed by atoms with van der Waals surface area (Å²) < 4.78 is 40.8. The maximum absolute atomic E-state index is 14.7. The van der Waals surface area contributed by atoms with Crippen molar-refractivity contribution in [1.29, 1.82) is 0 Å². The number of anilines is 1. The number of halogens is 2. The number of hydrogen-bond acceptors (Lipinski definition) is 6. The number of hydrogen-bond donors (Lipinski definition) is 1. The number of carbonyl (C=O) groups excluding carboxylic acids is 2. The summed E-state index contributed by atoms with van der Waals surface area (Å²) in [4.78, 5) is 29.9. The van der Waals surface area contributed by atoms with E-state index in [9.17, 15) is 18.0 Å². The molecule has 0 aromatic heterocycles. The fourth-order valence-corrected chi connectivity index (χ4v) is 7.05. The Bertz CT molecular complexity index is 1800. The lowest BCUT2D eigenvalue weighted by Gasteiger charge is -2.34. The molecule has 0 heterocycles. The summed E-state index contributed by atoms with van der Waals surface area (Å²) in [5.41, 5.74) is 2.16. The number of sulfonamides is 1. The molecule has 0 aliphatic rings. The monoisotopic (exact) mass is 711 g/mol. The first-order chi connectivity index (χ1) is 23.0. The Labute approximate surface area is 292 Å². The third-order valence-corrected chi connectivity index (χ3v) is 10.2. The molecule has 0 bridgehead atoms. The average Bonchev–Trinajstić information content (AvgIpc) is 3.08. The largest absolute Gasteiger partial charge is 0.497 e. The maximum atomic E-state index is 14.7. The van der Waals surface area contributed by atoms with E-state index in [1.807, 2.05) is 44.2 Å². The molecular weight excluding hydrogens is 673 g/mol. The Kier molecular flexibility index (Phi) is 12.7. The van der Waals surface area contributed by atoms with Gasteiger partial charge in [-0.1, -0.05) is 84.2 Å². The molecule has 0 radical (unpaired) electrons. The minimum absolute atomic E-state index is 0.0343. The summed E-state index contributed by atoms with van der Waals surface area (Å²) in [6, 6.07) is 24.2. The van der Waals surface area contributed by atoms with Crippen LogP contribution < -0.4 is 19.1 Å². The van der Waals surface area contributed by atoms with Gasteiger partial charge in [-0.25, -0.2) is 8.42 Å². The van der Waals surface area contributed by atoms with E-state index in [-0.39, 0.29) is 29.3 Å². The Balaban J connectivity index is 1.89. The van der Waals surface area contributed by atoms with Crippen LogP contribution in [0.5, 0.6) is 11.5 Å². The van der Waals surface area contributed by atoms with Crippen LogP contribution in [0, 0.1) is 6.92 Å². The summed E-state index contributed by atoms with van der Waals surface area (Å²) >= 11 is 13.2. The molecule has 12 heteroatoms. The summed E-state index contributed by atoms with van der Waals surface area (Å²) in [5.74, 6) is -0.521.